The van der Waals surface area contributed by atoms with Crippen LogP contribution in [0.3, 0.4) is 0 Å². The van der Waals surface area contributed by atoms with Gasteiger partial charge < -0.3 is 4.57 Å². The first-order chi connectivity index (χ1) is 8.72. The molecule has 1 unspecified atom stereocenters. The molecule has 4 heteroatoms. The van der Waals surface area contributed by atoms with Crippen LogP contribution in [0.1, 0.15) is 18.4 Å². The minimum absolute atomic E-state index is 0.0266. The molecule has 0 bridgehead atoms. The number of nitrogens with zero attached hydrogens (tertiary/aromatic N) is 2. The van der Waals surface area contributed by atoms with Crippen molar-refractivity contribution < 1.29 is 4.21 Å². The highest BCUT2D eigenvalue weighted by Crippen LogP contribution is 2.55. The fraction of sp³-hybridized carbons (Fsp3) is 0.357. The van der Waals surface area contributed by atoms with E-state index in [1.165, 1.54) is 16.8 Å². The van der Waals surface area contributed by atoms with E-state index < -0.39 is 10.8 Å². The molecule has 92 valence electrons. The van der Waals surface area contributed by atoms with Crippen LogP contribution < -0.4 is 0 Å². The number of benzene rings is 1. The molecule has 2 aromatic rings. The number of imidazole rings is 1. The molecule has 2 aliphatic rings. The standard InChI is InChI=1S/C14H14N2OS/c1-18(17)10-6-14(7-10)12-5-3-2-4-11(12)13-8-15-9-16(13)14/h2-5,8-10H,6-7H2,1H3. The molecule has 0 amide bonds. The molecule has 2 heterocycles. The molecular weight excluding hydrogens is 244 g/mol. The van der Waals surface area contributed by atoms with Crippen molar-refractivity contribution in [3.05, 3.63) is 42.4 Å². The van der Waals surface area contributed by atoms with Crippen LogP contribution in [-0.2, 0) is 16.3 Å². The Balaban J connectivity index is 1.89. The number of aromatic nitrogens is 2. The van der Waals surface area contributed by atoms with Gasteiger partial charge in [0.1, 0.15) is 0 Å². The van der Waals surface area contributed by atoms with Gasteiger partial charge in [-0.25, -0.2) is 4.98 Å². The van der Waals surface area contributed by atoms with Crippen molar-refractivity contribution in [1.29, 1.82) is 0 Å². The summed E-state index contributed by atoms with van der Waals surface area (Å²) >= 11 is 0. The second-order valence-corrected chi connectivity index (χ2v) is 6.92. The van der Waals surface area contributed by atoms with Crippen molar-refractivity contribution in [2.45, 2.75) is 23.6 Å². The Morgan fingerprint density at radius 3 is 2.94 bits per heavy atom. The largest absolute Gasteiger partial charge is 0.320 e. The smallest absolute Gasteiger partial charge is 0.0959 e. The Morgan fingerprint density at radius 2 is 2.17 bits per heavy atom. The molecule has 1 aliphatic heterocycles. The lowest BCUT2D eigenvalue weighted by molar-refractivity contribution is 0.216. The van der Waals surface area contributed by atoms with Crippen molar-refractivity contribution in [2.75, 3.05) is 6.26 Å². The molecule has 4 rings (SSSR count). The first-order valence-electron chi connectivity index (χ1n) is 6.17. The van der Waals surface area contributed by atoms with E-state index in [-0.39, 0.29) is 5.54 Å². The van der Waals surface area contributed by atoms with Crippen LogP contribution in [0.2, 0.25) is 0 Å². The second-order valence-electron chi connectivity index (χ2n) is 5.25. The van der Waals surface area contributed by atoms with Crippen molar-refractivity contribution in [3.63, 3.8) is 0 Å². The summed E-state index contributed by atoms with van der Waals surface area (Å²) in [4.78, 5) is 4.28. The van der Waals surface area contributed by atoms with Crippen LogP contribution in [0, 0.1) is 0 Å². The fourth-order valence-electron chi connectivity index (χ4n) is 3.42. The number of fused-ring (bicyclic) bond motifs is 5. The highest BCUT2D eigenvalue weighted by Gasteiger charge is 2.53. The van der Waals surface area contributed by atoms with Crippen molar-refractivity contribution in [3.8, 4) is 11.3 Å². The van der Waals surface area contributed by atoms with E-state index in [0.29, 0.717) is 5.25 Å². The Bertz CT molecular complexity index is 655. The van der Waals surface area contributed by atoms with E-state index in [1.54, 1.807) is 0 Å². The monoisotopic (exact) mass is 258 g/mol. The lowest BCUT2D eigenvalue weighted by Gasteiger charge is -2.46. The third-order valence-corrected chi connectivity index (χ3v) is 5.68. The van der Waals surface area contributed by atoms with Crippen LogP contribution in [0.15, 0.2) is 36.8 Å². The maximum absolute atomic E-state index is 11.6. The summed E-state index contributed by atoms with van der Waals surface area (Å²) in [7, 11) is -0.721. The van der Waals surface area contributed by atoms with E-state index in [2.05, 4.69) is 33.8 Å². The molecule has 0 radical (unpaired) electrons. The van der Waals surface area contributed by atoms with Gasteiger partial charge >= 0.3 is 0 Å². The fourth-order valence-corrected chi connectivity index (χ4v) is 4.44. The molecule has 1 fully saturated rings. The molecular formula is C14H14N2OS. The molecule has 0 saturated heterocycles. The summed E-state index contributed by atoms with van der Waals surface area (Å²) in [5.41, 5.74) is 3.89. The predicted molar refractivity (Wildman–Crippen MR) is 71.8 cm³/mol. The maximum atomic E-state index is 11.6. The van der Waals surface area contributed by atoms with Crippen molar-refractivity contribution in [1.82, 2.24) is 9.55 Å². The molecule has 1 aliphatic carbocycles. The first-order valence-corrected chi connectivity index (χ1v) is 7.79. The number of hydrogen-bond acceptors (Lipinski definition) is 2. The SMILES string of the molecule is CS(=O)C1CC2(C1)c1ccccc1-c1cncn12. The zero-order chi connectivity index (χ0) is 12.3. The van der Waals surface area contributed by atoms with Crippen molar-refractivity contribution in [2.24, 2.45) is 0 Å². The molecule has 1 spiro atoms. The van der Waals surface area contributed by atoms with Crippen LogP contribution in [0.5, 0.6) is 0 Å². The van der Waals surface area contributed by atoms with Gasteiger partial charge in [0.15, 0.2) is 0 Å². The molecule has 1 aromatic heterocycles. The number of rotatable bonds is 1. The highest BCUT2D eigenvalue weighted by molar-refractivity contribution is 7.85. The molecule has 3 nitrogen and oxygen atoms in total. The third-order valence-electron chi connectivity index (χ3n) is 4.40. The van der Waals surface area contributed by atoms with Gasteiger partial charge in [0, 0.05) is 27.9 Å². The molecule has 18 heavy (non-hydrogen) atoms. The maximum Gasteiger partial charge on any atom is 0.0959 e. The zero-order valence-electron chi connectivity index (χ0n) is 10.2. The third kappa shape index (κ3) is 1.09. The predicted octanol–water partition coefficient (Wildman–Crippen LogP) is 2.15. The second kappa shape index (κ2) is 3.32. The van der Waals surface area contributed by atoms with Crippen molar-refractivity contribution >= 4 is 10.8 Å². The first kappa shape index (κ1) is 10.5. The molecule has 0 N–H and O–H groups in total. The van der Waals surface area contributed by atoms with Crippen LogP contribution in [0.4, 0.5) is 0 Å². The normalized spacial score (nSPS) is 29.7. The van der Waals surface area contributed by atoms with E-state index in [4.69, 9.17) is 0 Å². The summed E-state index contributed by atoms with van der Waals surface area (Å²) < 4.78 is 13.9. The summed E-state index contributed by atoms with van der Waals surface area (Å²) in [6, 6.07) is 8.53. The van der Waals surface area contributed by atoms with Gasteiger partial charge in [0.05, 0.1) is 23.8 Å². The Kier molecular flexibility index (Phi) is 1.94. The molecule has 1 aromatic carbocycles. The Morgan fingerprint density at radius 1 is 1.39 bits per heavy atom. The quantitative estimate of drug-likeness (QED) is 0.785. The molecule has 1 saturated carbocycles. The van der Waals surface area contributed by atoms with E-state index >= 15 is 0 Å². The lowest BCUT2D eigenvalue weighted by atomic mass is 9.71. The summed E-state index contributed by atoms with van der Waals surface area (Å²) in [5, 5.41) is 0.325. The minimum Gasteiger partial charge on any atom is -0.320 e. The Hall–Kier alpha value is -1.42. The van der Waals surface area contributed by atoms with Gasteiger partial charge in [-0.2, -0.15) is 0 Å². The van der Waals surface area contributed by atoms with Crippen LogP contribution >= 0.6 is 0 Å². The van der Waals surface area contributed by atoms with E-state index in [0.717, 1.165) is 12.8 Å². The minimum atomic E-state index is -0.721. The van der Waals surface area contributed by atoms with Gasteiger partial charge in [-0.3, -0.25) is 4.21 Å². The lowest BCUT2D eigenvalue weighted by Crippen LogP contribution is -2.49. The summed E-state index contributed by atoms with van der Waals surface area (Å²) in [6.07, 6.45) is 7.61. The average Bonchev–Trinajstić information content (AvgIpc) is 2.85. The highest BCUT2D eigenvalue weighted by atomic mass is 32.2. The number of hydrogen-bond donors (Lipinski definition) is 0. The van der Waals surface area contributed by atoms with Crippen LogP contribution in [0.25, 0.3) is 11.3 Å². The zero-order valence-corrected chi connectivity index (χ0v) is 11.0. The van der Waals surface area contributed by atoms with Gasteiger partial charge in [-0.05, 0) is 18.4 Å². The molecule has 1 atom stereocenters. The van der Waals surface area contributed by atoms with Gasteiger partial charge in [0.2, 0.25) is 0 Å². The Labute approximate surface area is 108 Å². The van der Waals surface area contributed by atoms with E-state index in [9.17, 15) is 4.21 Å². The summed E-state index contributed by atoms with van der Waals surface area (Å²) in [6.45, 7) is 0. The van der Waals surface area contributed by atoms with Gasteiger partial charge in [-0.1, -0.05) is 24.3 Å². The topological polar surface area (TPSA) is 34.9 Å². The average molecular weight is 258 g/mol. The van der Waals surface area contributed by atoms with Gasteiger partial charge in [-0.15, -0.1) is 0 Å². The van der Waals surface area contributed by atoms with Crippen LogP contribution in [-0.4, -0.2) is 25.3 Å². The van der Waals surface area contributed by atoms with Gasteiger partial charge in [0.25, 0.3) is 0 Å². The summed E-state index contributed by atoms with van der Waals surface area (Å²) in [5.74, 6) is 0. The van der Waals surface area contributed by atoms with E-state index in [1.807, 2.05) is 18.8 Å².